The summed E-state index contributed by atoms with van der Waals surface area (Å²) in [7, 11) is 0. The van der Waals surface area contributed by atoms with Crippen molar-refractivity contribution in [1.82, 2.24) is 19.9 Å². The van der Waals surface area contributed by atoms with Gasteiger partial charge in [-0.1, -0.05) is 17.3 Å². The Morgan fingerprint density at radius 3 is 2.75 bits per heavy atom. The minimum absolute atomic E-state index is 0.127. The number of hydrogen-bond donors (Lipinski definition) is 0. The highest BCUT2D eigenvalue weighted by atomic mass is 19.1. The summed E-state index contributed by atoms with van der Waals surface area (Å²) < 4.78 is 15.6. The number of carbonyl (C=O) groups is 1. The molecule has 0 radical (unpaired) electrons. The molecule has 1 amide bonds. The van der Waals surface area contributed by atoms with E-state index in [1.54, 1.807) is 22.9 Å². The molecule has 7 heteroatoms. The van der Waals surface area contributed by atoms with E-state index in [0.29, 0.717) is 18.7 Å². The zero-order valence-corrected chi connectivity index (χ0v) is 13.4. The molecular weight excluding hydrogens is 309 g/mol. The smallest absolute Gasteiger partial charge is 0.252 e. The number of benzene rings is 1. The molecule has 4 rings (SSSR count). The largest absolute Gasteiger partial charge is 0.308 e. The second-order valence-corrected chi connectivity index (χ2v) is 6.42. The van der Waals surface area contributed by atoms with E-state index < -0.39 is 6.04 Å². The number of likely N-dealkylation sites (tertiary alicyclic amines) is 1. The third-order valence-electron chi connectivity index (χ3n) is 4.78. The molecule has 0 aliphatic carbocycles. The van der Waals surface area contributed by atoms with Crippen LogP contribution in [-0.4, -0.2) is 45.4 Å². The van der Waals surface area contributed by atoms with Crippen LogP contribution in [0.15, 0.2) is 30.5 Å². The Morgan fingerprint density at radius 2 is 1.96 bits per heavy atom. The number of carbonyl (C=O) groups excluding carboxylic acids is 1. The Morgan fingerprint density at radius 1 is 1.17 bits per heavy atom. The van der Waals surface area contributed by atoms with Crippen LogP contribution in [0.3, 0.4) is 0 Å². The maximum Gasteiger partial charge on any atom is 0.252 e. The van der Waals surface area contributed by atoms with E-state index in [4.69, 9.17) is 0 Å². The van der Waals surface area contributed by atoms with Crippen molar-refractivity contribution in [3.8, 4) is 0 Å². The normalized spacial score (nSPS) is 21.8. The van der Waals surface area contributed by atoms with E-state index in [1.165, 1.54) is 23.8 Å². The first-order chi connectivity index (χ1) is 11.7. The average Bonchev–Trinajstić information content (AvgIpc) is 3.30. The van der Waals surface area contributed by atoms with Crippen LogP contribution >= 0.6 is 0 Å². The maximum absolute atomic E-state index is 13.9. The number of para-hydroxylation sites is 1. The fourth-order valence-electron chi connectivity index (χ4n) is 3.53. The molecule has 1 aromatic heterocycles. The molecule has 2 aromatic rings. The van der Waals surface area contributed by atoms with Crippen molar-refractivity contribution in [3.05, 3.63) is 42.0 Å². The van der Waals surface area contributed by atoms with Crippen LogP contribution < -0.4 is 4.90 Å². The molecule has 0 bridgehead atoms. The molecule has 126 valence electrons. The maximum atomic E-state index is 13.9. The highest BCUT2D eigenvalue weighted by Crippen LogP contribution is 2.29. The Hall–Kier alpha value is -2.28. The monoisotopic (exact) mass is 329 g/mol. The first kappa shape index (κ1) is 15.3. The third-order valence-corrected chi connectivity index (χ3v) is 4.78. The van der Waals surface area contributed by atoms with Crippen molar-refractivity contribution in [2.45, 2.75) is 31.8 Å². The minimum atomic E-state index is -0.399. The van der Waals surface area contributed by atoms with Gasteiger partial charge in [0.2, 0.25) is 0 Å². The average molecular weight is 329 g/mol. The molecule has 1 unspecified atom stereocenters. The number of anilines is 1. The fourth-order valence-corrected chi connectivity index (χ4v) is 3.53. The zero-order valence-electron chi connectivity index (χ0n) is 13.4. The molecule has 1 atom stereocenters. The lowest BCUT2D eigenvalue weighted by molar-refractivity contribution is -0.120. The van der Waals surface area contributed by atoms with Crippen LogP contribution in [0.2, 0.25) is 0 Å². The number of rotatable bonds is 4. The van der Waals surface area contributed by atoms with Gasteiger partial charge in [-0.3, -0.25) is 9.69 Å². The van der Waals surface area contributed by atoms with Gasteiger partial charge in [0, 0.05) is 13.1 Å². The van der Waals surface area contributed by atoms with E-state index >= 15 is 0 Å². The molecule has 1 aromatic carbocycles. The lowest BCUT2D eigenvalue weighted by Gasteiger charge is -2.17. The SMILES string of the molecule is O=C1C(n2cc(CN3CCCC3)nn2)CCN1c1ccccc1F. The van der Waals surface area contributed by atoms with Gasteiger partial charge in [0.1, 0.15) is 11.9 Å². The van der Waals surface area contributed by atoms with Crippen LogP contribution in [0.25, 0.3) is 0 Å². The molecule has 2 saturated heterocycles. The number of halogens is 1. The predicted molar refractivity (Wildman–Crippen MR) is 86.9 cm³/mol. The molecular formula is C17H20FN5O. The number of nitrogens with zero attached hydrogens (tertiary/aromatic N) is 5. The van der Waals surface area contributed by atoms with Crippen molar-refractivity contribution >= 4 is 11.6 Å². The van der Waals surface area contributed by atoms with Crippen LogP contribution in [-0.2, 0) is 11.3 Å². The van der Waals surface area contributed by atoms with Crippen LogP contribution in [0.5, 0.6) is 0 Å². The van der Waals surface area contributed by atoms with Crippen LogP contribution in [0, 0.1) is 5.82 Å². The van der Waals surface area contributed by atoms with E-state index in [0.717, 1.165) is 25.3 Å². The topological polar surface area (TPSA) is 54.3 Å². The van der Waals surface area contributed by atoms with Gasteiger partial charge in [-0.25, -0.2) is 9.07 Å². The Bertz CT molecular complexity index is 740. The quantitative estimate of drug-likeness (QED) is 0.861. The first-order valence-electron chi connectivity index (χ1n) is 8.41. The van der Waals surface area contributed by atoms with Crippen LogP contribution in [0.1, 0.15) is 31.0 Å². The van der Waals surface area contributed by atoms with Crippen molar-refractivity contribution in [3.63, 3.8) is 0 Å². The van der Waals surface area contributed by atoms with Gasteiger partial charge in [-0.15, -0.1) is 5.10 Å². The molecule has 2 fully saturated rings. The minimum Gasteiger partial charge on any atom is -0.308 e. The molecule has 0 N–H and O–H groups in total. The highest BCUT2D eigenvalue weighted by molar-refractivity contribution is 5.98. The summed E-state index contributed by atoms with van der Waals surface area (Å²) in [6.07, 6.45) is 4.92. The van der Waals surface area contributed by atoms with E-state index in [2.05, 4.69) is 15.2 Å². The predicted octanol–water partition coefficient (Wildman–Crippen LogP) is 1.99. The second-order valence-electron chi connectivity index (χ2n) is 6.42. The lowest BCUT2D eigenvalue weighted by atomic mass is 10.2. The molecule has 6 nitrogen and oxygen atoms in total. The Labute approximate surface area is 139 Å². The van der Waals surface area contributed by atoms with Crippen molar-refractivity contribution < 1.29 is 9.18 Å². The van der Waals surface area contributed by atoms with Crippen molar-refractivity contribution in [1.29, 1.82) is 0 Å². The van der Waals surface area contributed by atoms with Crippen molar-refractivity contribution in [2.75, 3.05) is 24.5 Å². The molecule has 2 aliphatic rings. The summed E-state index contributed by atoms with van der Waals surface area (Å²) in [4.78, 5) is 16.5. The van der Waals surface area contributed by atoms with Crippen molar-refractivity contribution in [2.24, 2.45) is 0 Å². The highest BCUT2D eigenvalue weighted by Gasteiger charge is 2.35. The third kappa shape index (κ3) is 2.80. The molecule has 0 spiro atoms. The van der Waals surface area contributed by atoms with E-state index in [9.17, 15) is 9.18 Å². The van der Waals surface area contributed by atoms with E-state index in [1.807, 2.05) is 6.20 Å². The Kier molecular flexibility index (Phi) is 4.02. The molecule has 3 heterocycles. The van der Waals surface area contributed by atoms with Gasteiger partial charge in [0.05, 0.1) is 17.6 Å². The fraction of sp³-hybridized carbons (Fsp3) is 0.471. The van der Waals surface area contributed by atoms with Gasteiger partial charge in [-0.2, -0.15) is 0 Å². The summed E-state index contributed by atoms with van der Waals surface area (Å²) in [5, 5.41) is 8.34. The summed E-state index contributed by atoms with van der Waals surface area (Å²) in [6, 6.07) is 5.97. The standard InChI is InChI=1S/C17H20FN5O/c18-14-5-1-2-6-15(14)22-10-7-16(17(22)24)23-12-13(19-20-23)11-21-8-3-4-9-21/h1-2,5-6,12,16H,3-4,7-11H2. The summed E-state index contributed by atoms with van der Waals surface area (Å²) in [5.74, 6) is -0.502. The first-order valence-corrected chi connectivity index (χ1v) is 8.41. The summed E-state index contributed by atoms with van der Waals surface area (Å²) in [5.41, 5.74) is 1.22. The van der Waals surface area contributed by atoms with Gasteiger partial charge < -0.3 is 4.90 Å². The van der Waals surface area contributed by atoms with Gasteiger partial charge in [0.25, 0.3) is 5.91 Å². The summed E-state index contributed by atoms with van der Waals surface area (Å²) >= 11 is 0. The van der Waals surface area contributed by atoms with Gasteiger partial charge in [-0.05, 0) is 44.5 Å². The van der Waals surface area contributed by atoms with Crippen LogP contribution in [0.4, 0.5) is 10.1 Å². The van der Waals surface area contributed by atoms with Gasteiger partial charge in [0.15, 0.2) is 0 Å². The number of amides is 1. The molecule has 24 heavy (non-hydrogen) atoms. The zero-order chi connectivity index (χ0) is 16.5. The van der Waals surface area contributed by atoms with E-state index in [-0.39, 0.29) is 11.7 Å². The second kappa shape index (κ2) is 6.32. The Balaban J connectivity index is 1.48. The number of hydrogen-bond acceptors (Lipinski definition) is 4. The van der Waals surface area contributed by atoms with Gasteiger partial charge >= 0.3 is 0 Å². The lowest BCUT2D eigenvalue weighted by Crippen LogP contribution is -2.29. The number of aromatic nitrogens is 3. The molecule has 0 saturated carbocycles. The molecule has 2 aliphatic heterocycles. The summed E-state index contributed by atoms with van der Waals surface area (Å²) in [6.45, 7) is 3.45.